The molecule has 3 heterocycles. The van der Waals surface area contributed by atoms with E-state index < -0.39 is 0 Å². The maximum absolute atomic E-state index is 5.35. The molecule has 0 radical (unpaired) electrons. The minimum atomic E-state index is 0.593. The van der Waals surface area contributed by atoms with Crippen molar-refractivity contribution >= 4 is 43.6 Å². The van der Waals surface area contributed by atoms with E-state index in [0.717, 1.165) is 66.8 Å². The van der Waals surface area contributed by atoms with Gasteiger partial charge in [-0.2, -0.15) is 0 Å². The van der Waals surface area contributed by atoms with Gasteiger partial charge in [-0.3, -0.25) is 0 Å². The molecule has 0 fully saturated rings. The SMILES string of the molecule is c1ccc(-c2ccc3c4ccccc4n(-c4ccc(-c5cccc6c7ccccc7n(-c7ccccc7)c56)cc4-c4nc(-c5ccccc5)nc(-c5ccccc5)n4)c3c2)cc1. The number of hydrogen-bond donors (Lipinski definition) is 0. The Bertz CT molecular complexity index is 3550. The summed E-state index contributed by atoms with van der Waals surface area (Å²) in [5.74, 6) is 1.83. The summed E-state index contributed by atoms with van der Waals surface area (Å²) in [6.07, 6.45) is 0. The molecule has 5 nitrogen and oxygen atoms in total. The van der Waals surface area contributed by atoms with E-state index in [1.54, 1.807) is 0 Å². The molecule has 3 aromatic heterocycles. The Morgan fingerprint density at radius 2 is 0.774 bits per heavy atom. The van der Waals surface area contributed by atoms with Crippen LogP contribution in [0.4, 0.5) is 0 Å². The van der Waals surface area contributed by atoms with Crippen LogP contribution in [0.5, 0.6) is 0 Å². The van der Waals surface area contributed by atoms with Crippen LogP contribution < -0.4 is 0 Å². The van der Waals surface area contributed by atoms with Gasteiger partial charge in [-0.25, -0.2) is 15.0 Å². The first-order valence-electron chi connectivity index (χ1n) is 21.0. The van der Waals surface area contributed by atoms with Crippen LogP contribution in [0.15, 0.2) is 224 Å². The van der Waals surface area contributed by atoms with E-state index in [1.165, 1.54) is 27.1 Å². The number of rotatable bonds is 7. The van der Waals surface area contributed by atoms with E-state index in [0.29, 0.717) is 17.5 Å². The number of benzene rings is 9. The molecular weight excluding hydrogens is 755 g/mol. The van der Waals surface area contributed by atoms with Crippen molar-refractivity contribution in [2.75, 3.05) is 0 Å². The second-order valence-electron chi connectivity index (χ2n) is 15.6. The average Bonchev–Trinajstić information content (AvgIpc) is 3.87. The summed E-state index contributed by atoms with van der Waals surface area (Å²) < 4.78 is 4.79. The first-order chi connectivity index (χ1) is 30.8. The third kappa shape index (κ3) is 5.90. The van der Waals surface area contributed by atoms with Crippen LogP contribution in [0.25, 0.3) is 111 Å². The highest BCUT2D eigenvalue weighted by Crippen LogP contribution is 2.42. The molecule has 0 aliphatic rings. The van der Waals surface area contributed by atoms with E-state index in [9.17, 15) is 0 Å². The Hall–Kier alpha value is -8.41. The molecular formula is C57H37N5. The lowest BCUT2D eigenvalue weighted by molar-refractivity contribution is 1.06. The lowest BCUT2D eigenvalue weighted by atomic mass is 9.98. The fraction of sp³-hybridized carbons (Fsp3) is 0. The maximum atomic E-state index is 5.35. The summed E-state index contributed by atoms with van der Waals surface area (Å²) in [7, 11) is 0. The quantitative estimate of drug-likeness (QED) is 0.162. The van der Waals surface area contributed by atoms with Crippen LogP contribution >= 0.6 is 0 Å². The number of fused-ring (bicyclic) bond motifs is 6. The Morgan fingerprint density at radius 1 is 0.274 bits per heavy atom. The second kappa shape index (κ2) is 14.7. The standard InChI is InChI=1S/C57H37N5/c1-5-18-38(19-6-1)41-32-34-47-45-26-13-16-31-51(45)62(53(47)37-41)52-35-33-42(44-28-17-29-48-46-27-14-15-30-50(46)61(54(44)48)43-24-11-4-12-25-43)36-49(52)57-59-55(39-20-7-2-8-21-39)58-56(60-57)40-22-9-3-10-23-40/h1-37H. The fourth-order valence-corrected chi connectivity index (χ4v) is 9.14. The molecule has 0 N–H and O–H groups in total. The number of nitrogens with zero attached hydrogens (tertiary/aromatic N) is 5. The Labute approximate surface area is 358 Å². The maximum Gasteiger partial charge on any atom is 0.166 e. The lowest BCUT2D eigenvalue weighted by Crippen LogP contribution is -2.04. The normalized spacial score (nSPS) is 11.5. The van der Waals surface area contributed by atoms with E-state index in [-0.39, 0.29) is 0 Å². The van der Waals surface area contributed by atoms with E-state index in [4.69, 9.17) is 15.0 Å². The molecule has 0 amide bonds. The molecule has 0 spiro atoms. The van der Waals surface area contributed by atoms with Gasteiger partial charge in [0.15, 0.2) is 17.5 Å². The smallest absolute Gasteiger partial charge is 0.166 e. The van der Waals surface area contributed by atoms with Gasteiger partial charge in [0.1, 0.15) is 0 Å². The molecule has 290 valence electrons. The predicted molar refractivity (Wildman–Crippen MR) is 256 cm³/mol. The number of hydrogen-bond acceptors (Lipinski definition) is 3. The summed E-state index contributed by atoms with van der Waals surface area (Å²) in [6.45, 7) is 0. The van der Waals surface area contributed by atoms with Crippen molar-refractivity contribution in [2.45, 2.75) is 0 Å². The molecule has 62 heavy (non-hydrogen) atoms. The zero-order chi connectivity index (χ0) is 41.0. The lowest BCUT2D eigenvalue weighted by Gasteiger charge is -2.17. The van der Waals surface area contributed by atoms with Gasteiger partial charge in [-0.1, -0.05) is 182 Å². The second-order valence-corrected chi connectivity index (χ2v) is 15.6. The minimum Gasteiger partial charge on any atom is -0.309 e. The molecule has 0 aliphatic heterocycles. The molecule has 0 unspecified atom stereocenters. The highest BCUT2D eigenvalue weighted by atomic mass is 15.1. The van der Waals surface area contributed by atoms with Crippen molar-refractivity contribution in [3.63, 3.8) is 0 Å². The topological polar surface area (TPSA) is 48.5 Å². The van der Waals surface area contributed by atoms with Gasteiger partial charge in [0.05, 0.1) is 27.8 Å². The van der Waals surface area contributed by atoms with Crippen LogP contribution in [0.2, 0.25) is 0 Å². The zero-order valence-corrected chi connectivity index (χ0v) is 33.6. The van der Waals surface area contributed by atoms with Crippen molar-refractivity contribution in [1.29, 1.82) is 0 Å². The van der Waals surface area contributed by atoms with E-state index in [2.05, 4.69) is 197 Å². The van der Waals surface area contributed by atoms with E-state index in [1.807, 2.05) is 36.4 Å². The van der Waals surface area contributed by atoms with Gasteiger partial charge in [0.2, 0.25) is 0 Å². The third-order valence-corrected chi connectivity index (χ3v) is 12.0. The molecule has 0 atom stereocenters. The van der Waals surface area contributed by atoms with Crippen molar-refractivity contribution in [3.05, 3.63) is 224 Å². The van der Waals surface area contributed by atoms with Gasteiger partial charge < -0.3 is 9.13 Å². The Morgan fingerprint density at radius 3 is 1.44 bits per heavy atom. The predicted octanol–water partition coefficient (Wildman–Crippen LogP) is 14.4. The van der Waals surface area contributed by atoms with Gasteiger partial charge in [0.25, 0.3) is 0 Å². The molecule has 0 saturated carbocycles. The summed E-state index contributed by atoms with van der Waals surface area (Å²) in [5.41, 5.74) is 13.8. The van der Waals surface area contributed by atoms with Gasteiger partial charge in [0, 0.05) is 49.5 Å². The number of aromatic nitrogens is 5. The molecule has 0 saturated heterocycles. The first-order valence-corrected chi connectivity index (χ1v) is 21.0. The van der Waals surface area contributed by atoms with Crippen LogP contribution in [-0.4, -0.2) is 24.1 Å². The van der Waals surface area contributed by atoms with Crippen LogP contribution in [0.3, 0.4) is 0 Å². The summed E-state index contributed by atoms with van der Waals surface area (Å²) in [5, 5.41) is 4.77. The van der Waals surface area contributed by atoms with Crippen molar-refractivity contribution in [3.8, 4) is 67.8 Å². The number of para-hydroxylation sites is 4. The van der Waals surface area contributed by atoms with Crippen LogP contribution in [0, 0.1) is 0 Å². The molecule has 9 aromatic carbocycles. The first kappa shape index (κ1) is 35.5. The monoisotopic (exact) mass is 791 g/mol. The van der Waals surface area contributed by atoms with Crippen LogP contribution in [-0.2, 0) is 0 Å². The summed E-state index contributed by atoms with van der Waals surface area (Å²) in [6, 6.07) is 79.3. The Kier molecular flexibility index (Phi) is 8.42. The largest absolute Gasteiger partial charge is 0.309 e. The van der Waals surface area contributed by atoms with Gasteiger partial charge in [-0.15, -0.1) is 0 Å². The molecule has 5 heteroatoms. The zero-order valence-electron chi connectivity index (χ0n) is 33.6. The minimum absolute atomic E-state index is 0.593. The van der Waals surface area contributed by atoms with E-state index >= 15 is 0 Å². The fourth-order valence-electron chi connectivity index (χ4n) is 9.14. The van der Waals surface area contributed by atoms with Crippen LogP contribution in [0.1, 0.15) is 0 Å². The van der Waals surface area contributed by atoms with Crippen molar-refractivity contribution < 1.29 is 0 Å². The third-order valence-electron chi connectivity index (χ3n) is 12.0. The van der Waals surface area contributed by atoms with Gasteiger partial charge in [-0.05, 0) is 59.2 Å². The highest BCUT2D eigenvalue weighted by molar-refractivity contribution is 6.14. The molecule has 0 bridgehead atoms. The molecule has 12 rings (SSSR count). The summed E-state index contributed by atoms with van der Waals surface area (Å²) >= 11 is 0. The summed E-state index contributed by atoms with van der Waals surface area (Å²) in [4.78, 5) is 15.8. The highest BCUT2D eigenvalue weighted by Gasteiger charge is 2.23. The molecule has 0 aliphatic carbocycles. The van der Waals surface area contributed by atoms with Crippen molar-refractivity contribution in [1.82, 2.24) is 24.1 Å². The van der Waals surface area contributed by atoms with Gasteiger partial charge >= 0.3 is 0 Å². The molecule has 12 aromatic rings. The average molecular weight is 792 g/mol. The Balaban J connectivity index is 1.19. The van der Waals surface area contributed by atoms with Crippen molar-refractivity contribution in [2.24, 2.45) is 0 Å².